The van der Waals surface area contributed by atoms with Gasteiger partial charge in [-0.3, -0.25) is 4.98 Å². The molecule has 0 fully saturated rings. The molecule has 104 valence electrons. The van der Waals surface area contributed by atoms with Gasteiger partial charge >= 0.3 is 5.97 Å². The highest BCUT2D eigenvalue weighted by atomic mass is 16.6. The van der Waals surface area contributed by atoms with Gasteiger partial charge in [-0.1, -0.05) is 12.1 Å². The number of benzene rings is 1. The zero-order chi connectivity index (χ0) is 14.7. The summed E-state index contributed by atoms with van der Waals surface area (Å²) < 4.78 is 10.3. The zero-order valence-electron chi connectivity index (χ0n) is 11.3. The molecule has 0 atom stereocenters. The summed E-state index contributed by atoms with van der Waals surface area (Å²) in [5, 5.41) is 0. The lowest BCUT2D eigenvalue weighted by Crippen LogP contribution is -2.05. The summed E-state index contributed by atoms with van der Waals surface area (Å²) >= 11 is 0. The fourth-order valence-electron chi connectivity index (χ4n) is 1.89. The molecule has 1 aromatic heterocycles. The third-order valence-corrected chi connectivity index (χ3v) is 2.97. The molecule has 0 amide bonds. The number of pyridine rings is 1. The first-order valence-corrected chi connectivity index (χ1v) is 6.33. The van der Waals surface area contributed by atoms with Crippen molar-refractivity contribution in [2.45, 2.75) is 0 Å². The Morgan fingerprint density at radius 1 is 1.10 bits per heavy atom. The molecule has 0 aliphatic carbocycles. The van der Waals surface area contributed by atoms with E-state index in [1.54, 1.807) is 37.7 Å². The SMILES string of the molecule is COc1ccc(C=C2N=C(c3ccncc3)OC2=O)cc1. The van der Waals surface area contributed by atoms with Crippen LogP contribution in [0, 0.1) is 0 Å². The molecule has 0 N–H and O–H groups in total. The average Bonchev–Trinajstić information content (AvgIpc) is 2.90. The summed E-state index contributed by atoms with van der Waals surface area (Å²) in [7, 11) is 1.60. The van der Waals surface area contributed by atoms with Crippen molar-refractivity contribution in [2.75, 3.05) is 7.11 Å². The Morgan fingerprint density at radius 2 is 1.81 bits per heavy atom. The van der Waals surface area contributed by atoms with Gasteiger partial charge in [0.05, 0.1) is 7.11 Å². The van der Waals surface area contributed by atoms with Gasteiger partial charge in [-0.15, -0.1) is 0 Å². The lowest BCUT2D eigenvalue weighted by atomic mass is 10.2. The van der Waals surface area contributed by atoms with E-state index in [1.807, 2.05) is 24.3 Å². The van der Waals surface area contributed by atoms with Crippen LogP contribution in [0.25, 0.3) is 6.08 Å². The summed E-state index contributed by atoms with van der Waals surface area (Å²) in [6.07, 6.45) is 4.92. The summed E-state index contributed by atoms with van der Waals surface area (Å²) in [5.74, 6) is 0.590. The van der Waals surface area contributed by atoms with E-state index in [1.165, 1.54) is 0 Å². The second-order valence-corrected chi connectivity index (χ2v) is 4.35. The van der Waals surface area contributed by atoms with Crippen LogP contribution in [-0.4, -0.2) is 24.0 Å². The molecule has 0 spiro atoms. The van der Waals surface area contributed by atoms with Gasteiger partial charge in [0.15, 0.2) is 5.70 Å². The second kappa shape index (κ2) is 5.58. The van der Waals surface area contributed by atoms with Crippen molar-refractivity contribution in [3.63, 3.8) is 0 Å². The minimum atomic E-state index is -0.461. The summed E-state index contributed by atoms with van der Waals surface area (Å²) in [6.45, 7) is 0. The lowest BCUT2D eigenvalue weighted by Gasteiger charge is -1.99. The van der Waals surface area contributed by atoms with Crippen molar-refractivity contribution in [3.8, 4) is 5.75 Å². The highest BCUT2D eigenvalue weighted by molar-refractivity contribution is 6.12. The predicted octanol–water partition coefficient (Wildman–Crippen LogP) is 2.43. The first-order chi connectivity index (χ1) is 10.3. The maximum Gasteiger partial charge on any atom is 0.363 e. The van der Waals surface area contributed by atoms with Crippen LogP contribution in [0.2, 0.25) is 0 Å². The molecule has 0 bridgehead atoms. The normalized spacial score (nSPS) is 15.8. The number of hydrogen-bond donors (Lipinski definition) is 0. The molecule has 5 nitrogen and oxygen atoms in total. The minimum Gasteiger partial charge on any atom is -0.497 e. The van der Waals surface area contributed by atoms with Gasteiger partial charge in [0.1, 0.15) is 5.75 Å². The Balaban J connectivity index is 1.89. The van der Waals surface area contributed by atoms with Crippen molar-refractivity contribution in [1.29, 1.82) is 0 Å². The maximum absolute atomic E-state index is 11.8. The molecule has 2 heterocycles. The van der Waals surface area contributed by atoms with Crippen LogP contribution in [0.5, 0.6) is 5.75 Å². The first-order valence-electron chi connectivity index (χ1n) is 6.33. The minimum absolute atomic E-state index is 0.270. The van der Waals surface area contributed by atoms with Crippen LogP contribution < -0.4 is 4.74 Å². The molecule has 3 rings (SSSR count). The van der Waals surface area contributed by atoms with Gasteiger partial charge in [-0.2, -0.15) is 0 Å². The number of ether oxygens (including phenoxy) is 2. The smallest absolute Gasteiger partial charge is 0.363 e. The third kappa shape index (κ3) is 2.81. The fourth-order valence-corrected chi connectivity index (χ4v) is 1.89. The van der Waals surface area contributed by atoms with Gasteiger partial charge in [0, 0.05) is 18.0 Å². The third-order valence-electron chi connectivity index (χ3n) is 2.97. The van der Waals surface area contributed by atoms with E-state index in [-0.39, 0.29) is 5.70 Å². The van der Waals surface area contributed by atoms with Crippen molar-refractivity contribution in [3.05, 3.63) is 65.6 Å². The van der Waals surface area contributed by atoms with E-state index in [0.29, 0.717) is 5.90 Å². The lowest BCUT2D eigenvalue weighted by molar-refractivity contribution is -0.129. The van der Waals surface area contributed by atoms with Gasteiger partial charge in [0.25, 0.3) is 0 Å². The van der Waals surface area contributed by atoms with Crippen LogP contribution in [0.3, 0.4) is 0 Å². The van der Waals surface area contributed by atoms with Crippen LogP contribution in [0.15, 0.2) is 59.5 Å². The highest BCUT2D eigenvalue weighted by Crippen LogP contribution is 2.20. The number of methoxy groups -OCH3 is 1. The molecule has 5 heteroatoms. The topological polar surface area (TPSA) is 60.8 Å². The van der Waals surface area contributed by atoms with Crippen LogP contribution in [0.1, 0.15) is 11.1 Å². The maximum atomic E-state index is 11.8. The standard InChI is InChI=1S/C16H12N2O3/c1-20-13-4-2-11(3-5-13)10-14-16(19)21-15(18-14)12-6-8-17-9-7-12/h2-10H,1H3. The van der Waals surface area contributed by atoms with E-state index >= 15 is 0 Å². The molecule has 0 saturated heterocycles. The highest BCUT2D eigenvalue weighted by Gasteiger charge is 2.23. The van der Waals surface area contributed by atoms with E-state index in [2.05, 4.69) is 9.98 Å². The van der Waals surface area contributed by atoms with Gasteiger partial charge in [0.2, 0.25) is 5.90 Å². The van der Waals surface area contributed by atoms with Crippen molar-refractivity contribution in [2.24, 2.45) is 4.99 Å². The van der Waals surface area contributed by atoms with E-state index in [9.17, 15) is 4.79 Å². The molecule has 0 unspecified atom stereocenters. The molecular formula is C16H12N2O3. The quantitative estimate of drug-likeness (QED) is 0.640. The number of nitrogens with zero attached hydrogens (tertiary/aromatic N) is 2. The number of aliphatic imine (C=N–C) groups is 1. The molecule has 21 heavy (non-hydrogen) atoms. The largest absolute Gasteiger partial charge is 0.497 e. The monoisotopic (exact) mass is 280 g/mol. The molecule has 2 aromatic rings. The molecule has 0 radical (unpaired) electrons. The summed E-state index contributed by atoms with van der Waals surface area (Å²) in [4.78, 5) is 20.0. The Morgan fingerprint density at radius 3 is 2.48 bits per heavy atom. The molecule has 1 aliphatic rings. The number of esters is 1. The Hall–Kier alpha value is -2.95. The van der Waals surface area contributed by atoms with Crippen LogP contribution in [-0.2, 0) is 9.53 Å². The van der Waals surface area contributed by atoms with Crippen molar-refractivity contribution >= 4 is 17.9 Å². The molecule has 1 aromatic carbocycles. The number of hydrogen-bond acceptors (Lipinski definition) is 5. The van der Waals surface area contributed by atoms with Gasteiger partial charge in [-0.25, -0.2) is 9.79 Å². The average molecular weight is 280 g/mol. The Labute approximate surface area is 121 Å². The molecule has 0 saturated carbocycles. The first kappa shape index (κ1) is 13.1. The van der Waals surface area contributed by atoms with E-state index in [0.717, 1.165) is 16.9 Å². The second-order valence-electron chi connectivity index (χ2n) is 4.35. The van der Waals surface area contributed by atoms with Crippen molar-refractivity contribution < 1.29 is 14.3 Å². The zero-order valence-corrected chi connectivity index (χ0v) is 11.3. The number of aromatic nitrogens is 1. The number of cyclic esters (lactones) is 1. The van der Waals surface area contributed by atoms with E-state index < -0.39 is 5.97 Å². The predicted molar refractivity (Wildman–Crippen MR) is 77.8 cm³/mol. The Bertz CT molecular complexity index is 719. The van der Waals surface area contributed by atoms with Gasteiger partial charge < -0.3 is 9.47 Å². The molecular weight excluding hydrogens is 268 g/mol. The van der Waals surface area contributed by atoms with Crippen LogP contribution >= 0.6 is 0 Å². The van der Waals surface area contributed by atoms with Gasteiger partial charge in [-0.05, 0) is 35.9 Å². The fraction of sp³-hybridized carbons (Fsp3) is 0.0625. The van der Waals surface area contributed by atoms with E-state index in [4.69, 9.17) is 9.47 Å². The number of rotatable bonds is 3. The summed E-state index contributed by atoms with van der Waals surface area (Å²) in [5.41, 5.74) is 1.84. The summed E-state index contributed by atoms with van der Waals surface area (Å²) in [6, 6.07) is 10.8. The number of carbonyl (C=O) groups is 1. The Kier molecular flexibility index (Phi) is 3.47. The molecule has 1 aliphatic heterocycles. The van der Waals surface area contributed by atoms with Crippen LogP contribution in [0.4, 0.5) is 0 Å². The van der Waals surface area contributed by atoms with Crippen molar-refractivity contribution in [1.82, 2.24) is 4.98 Å². The number of carbonyl (C=O) groups excluding carboxylic acids is 1.